The molecule has 1 aromatic rings. The molecule has 15 heavy (non-hydrogen) atoms. The summed E-state index contributed by atoms with van der Waals surface area (Å²) in [6, 6.07) is 4.41. The highest BCUT2D eigenvalue weighted by molar-refractivity contribution is 9.10. The van der Waals surface area contributed by atoms with Gasteiger partial charge in [0.15, 0.2) is 4.67 Å². The van der Waals surface area contributed by atoms with Gasteiger partial charge in [-0.05, 0) is 53.4 Å². The Hall–Kier alpha value is -0.280. The van der Waals surface area contributed by atoms with Crippen LogP contribution in [0.5, 0.6) is 0 Å². The molecular weight excluding hydrogens is 254 g/mol. The van der Waals surface area contributed by atoms with E-state index in [1.54, 1.807) is 0 Å². The van der Waals surface area contributed by atoms with Crippen molar-refractivity contribution in [1.29, 1.82) is 0 Å². The molecule has 0 amide bonds. The molecule has 3 atom stereocenters. The third kappa shape index (κ3) is 2.28. The normalized spacial score (nSPS) is 28.2. The summed E-state index contributed by atoms with van der Waals surface area (Å²) in [5.74, 6) is 2.57. The second-order valence-corrected chi connectivity index (χ2v) is 5.26. The molecule has 84 valence electrons. The first kappa shape index (κ1) is 11.2. The fourth-order valence-electron chi connectivity index (χ4n) is 2.73. The van der Waals surface area contributed by atoms with E-state index in [2.05, 4.69) is 34.2 Å². The standard InChI is InChI=1S/C12H18BrNO/c1-8-4-3-5-9(8)12(14-2)10-6-7-11(13)15-10/h6-9,12,14H,3-5H2,1-2H3. The van der Waals surface area contributed by atoms with Crippen LogP contribution in [0.15, 0.2) is 21.2 Å². The van der Waals surface area contributed by atoms with Crippen LogP contribution in [0.2, 0.25) is 0 Å². The molecule has 0 aliphatic heterocycles. The summed E-state index contributed by atoms with van der Waals surface area (Å²) in [4.78, 5) is 0. The molecule has 1 N–H and O–H groups in total. The van der Waals surface area contributed by atoms with Crippen LogP contribution >= 0.6 is 15.9 Å². The van der Waals surface area contributed by atoms with E-state index in [0.29, 0.717) is 12.0 Å². The van der Waals surface area contributed by atoms with Crippen LogP contribution in [0.4, 0.5) is 0 Å². The summed E-state index contributed by atoms with van der Waals surface area (Å²) in [6.07, 6.45) is 4.02. The molecule has 1 aliphatic rings. The van der Waals surface area contributed by atoms with Gasteiger partial charge in [0.25, 0.3) is 0 Å². The van der Waals surface area contributed by atoms with Crippen LogP contribution in [0.25, 0.3) is 0 Å². The summed E-state index contributed by atoms with van der Waals surface area (Å²) in [7, 11) is 2.02. The number of nitrogens with one attached hydrogen (secondary N) is 1. The minimum atomic E-state index is 0.369. The molecule has 0 aromatic carbocycles. The molecule has 1 aromatic heterocycles. The minimum Gasteiger partial charge on any atom is -0.453 e. The molecule has 3 unspecified atom stereocenters. The van der Waals surface area contributed by atoms with Crippen molar-refractivity contribution in [3.05, 3.63) is 22.6 Å². The van der Waals surface area contributed by atoms with Gasteiger partial charge >= 0.3 is 0 Å². The van der Waals surface area contributed by atoms with Crippen molar-refractivity contribution in [2.75, 3.05) is 7.05 Å². The van der Waals surface area contributed by atoms with Crippen LogP contribution in [0, 0.1) is 11.8 Å². The van der Waals surface area contributed by atoms with Gasteiger partial charge in [-0.2, -0.15) is 0 Å². The second kappa shape index (κ2) is 4.71. The lowest BCUT2D eigenvalue weighted by Crippen LogP contribution is -2.26. The van der Waals surface area contributed by atoms with E-state index in [-0.39, 0.29) is 0 Å². The molecular formula is C12H18BrNO. The third-order valence-electron chi connectivity index (χ3n) is 3.57. The average molecular weight is 272 g/mol. The molecule has 3 heteroatoms. The predicted molar refractivity (Wildman–Crippen MR) is 64.7 cm³/mol. The van der Waals surface area contributed by atoms with Gasteiger partial charge < -0.3 is 9.73 Å². The molecule has 2 nitrogen and oxygen atoms in total. The maximum atomic E-state index is 5.65. The van der Waals surface area contributed by atoms with Gasteiger partial charge in [0.2, 0.25) is 0 Å². The number of halogens is 1. The Bertz CT molecular complexity index is 323. The van der Waals surface area contributed by atoms with Crippen molar-refractivity contribution in [3.63, 3.8) is 0 Å². The SMILES string of the molecule is CNC(c1ccc(Br)o1)C1CCCC1C. The summed E-state index contributed by atoms with van der Waals surface area (Å²) in [6.45, 7) is 2.35. The number of hydrogen-bond acceptors (Lipinski definition) is 2. The Morgan fingerprint density at radius 3 is 2.73 bits per heavy atom. The van der Waals surface area contributed by atoms with E-state index in [1.165, 1.54) is 19.3 Å². The molecule has 0 spiro atoms. The first-order valence-electron chi connectivity index (χ1n) is 5.65. The molecule has 0 saturated heterocycles. The molecule has 0 bridgehead atoms. The Morgan fingerprint density at radius 2 is 2.27 bits per heavy atom. The van der Waals surface area contributed by atoms with E-state index in [4.69, 9.17) is 4.42 Å². The molecule has 1 fully saturated rings. The maximum Gasteiger partial charge on any atom is 0.169 e. The van der Waals surface area contributed by atoms with Crippen molar-refractivity contribution >= 4 is 15.9 Å². The van der Waals surface area contributed by atoms with Gasteiger partial charge in [-0.25, -0.2) is 0 Å². The van der Waals surface area contributed by atoms with Crippen molar-refractivity contribution in [3.8, 4) is 0 Å². The van der Waals surface area contributed by atoms with E-state index in [9.17, 15) is 0 Å². The highest BCUT2D eigenvalue weighted by Gasteiger charge is 2.32. The molecule has 1 heterocycles. The van der Waals surface area contributed by atoms with Crippen LogP contribution in [-0.4, -0.2) is 7.05 Å². The first-order chi connectivity index (χ1) is 7.22. The smallest absolute Gasteiger partial charge is 0.169 e. The van der Waals surface area contributed by atoms with E-state index >= 15 is 0 Å². The Balaban J connectivity index is 2.16. The zero-order valence-electron chi connectivity index (χ0n) is 9.29. The third-order valence-corrected chi connectivity index (χ3v) is 3.99. The Labute approximate surface area is 99.6 Å². The first-order valence-corrected chi connectivity index (χ1v) is 6.44. The van der Waals surface area contributed by atoms with Gasteiger partial charge in [-0.3, -0.25) is 0 Å². The largest absolute Gasteiger partial charge is 0.453 e. The van der Waals surface area contributed by atoms with Gasteiger partial charge in [-0.1, -0.05) is 19.8 Å². The lowest BCUT2D eigenvalue weighted by Gasteiger charge is -2.24. The monoisotopic (exact) mass is 271 g/mol. The maximum absolute atomic E-state index is 5.65. The fraction of sp³-hybridized carbons (Fsp3) is 0.667. The highest BCUT2D eigenvalue weighted by atomic mass is 79.9. The van der Waals surface area contributed by atoms with Crippen LogP contribution in [0.1, 0.15) is 38.0 Å². The summed E-state index contributed by atoms with van der Waals surface area (Å²) >= 11 is 3.36. The zero-order chi connectivity index (χ0) is 10.8. The Kier molecular flexibility index (Phi) is 3.52. The lowest BCUT2D eigenvalue weighted by atomic mass is 9.89. The van der Waals surface area contributed by atoms with Crippen molar-refractivity contribution in [2.45, 2.75) is 32.2 Å². The second-order valence-electron chi connectivity index (χ2n) is 4.48. The number of rotatable bonds is 3. The van der Waals surface area contributed by atoms with Crippen LogP contribution < -0.4 is 5.32 Å². The van der Waals surface area contributed by atoms with E-state index < -0.39 is 0 Å². The quantitative estimate of drug-likeness (QED) is 0.906. The summed E-state index contributed by atoms with van der Waals surface area (Å²) in [5.41, 5.74) is 0. The van der Waals surface area contributed by atoms with Gasteiger partial charge in [0.05, 0.1) is 6.04 Å². The number of hydrogen-bond donors (Lipinski definition) is 1. The lowest BCUT2D eigenvalue weighted by molar-refractivity contribution is 0.274. The topological polar surface area (TPSA) is 25.2 Å². The van der Waals surface area contributed by atoms with Gasteiger partial charge in [-0.15, -0.1) is 0 Å². The summed E-state index contributed by atoms with van der Waals surface area (Å²) in [5, 5.41) is 3.39. The van der Waals surface area contributed by atoms with E-state index in [1.807, 2.05) is 13.1 Å². The Morgan fingerprint density at radius 1 is 1.47 bits per heavy atom. The summed E-state index contributed by atoms with van der Waals surface area (Å²) < 4.78 is 6.47. The van der Waals surface area contributed by atoms with Crippen molar-refractivity contribution in [2.24, 2.45) is 11.8 Å². The molecule has 1 aliphatic carbocycles. The average Bonchev–Trinajstić information content (AvgIpc) is 2.79. The van der Waals surface area contributed by atoms with Gasteiger partial charge in [0.1, 0.15) is 5.76 Å². The molecule has 2 rings (SSSR count). The number of furan rings is 1. The van der Waals surface area contributed by atoms with Gasteiger partial charge in [0, 0.05) is 0 Å². The van der Waals surface area contributed by atoms with E-state index in [0.717, 1.165) is 16.3 Å². The fourth-order valence-corrected chi connectivity index (χ4v) is 3.05. The van der Waals surface area contributed by atoms with Crippen molar-refractivity contribution < 1.29 is 4.42 Å². The predicted octanol–water partition coefficient (Wildman–Crippen LogP) is 3.74. The van der Waals surface area contributed by atoms with Crippen LogP contribution in [-0.2, 0) is 0 Å². The molecule has 0 radical (unpaired) electrons. The zero-order valence-corrected chi connectivity index (χ0v) is 10.9. The molecule has 1 saturated carbocycles. The minimum absolute atomic E-state index is 0.369. The van der Waals surface area contributed by atoms with Crippen molar-refractivity contribution in [1.82, 2.24) is 5.32 Å². The highest BCUT2D eigenvalue weighted by Crippen LogP contribution is 2.40. The van der Waals surface area contributed by atoms with Crippen LogP contribution in [0.3, 0.4) is 0 Å².